The molecule has 0 saturated heterocycles. The molecule has 1 unspecified atom stereocenters. The van der Waals surface area contributed by atoms with Gasteiger partial charge in [0.2, 0.25) is 0 Å². The summed E-state index contributed by atoms with van der Waals surface area (Å²) in [4.78, 5) is -0.163. The number of sulfone groups is 1. The summed E-state index contributed by atoms with van der Waals surface area (Å²) in [5.41, 5.74) is 0. The van der Waals surface area contributed by atoms with Gasteiger partial charge in [0.05, 0.1) is 10.6 Å². The summed E-state index contributed by atoms with van der Waals surface area (Å²) in [6.07, 6.45) is 2.14. The number of benzene rings is 1. The second-order valence-corrected chi connectivity index (χ2v) is 6.54. The van der Waals surface area contributed by atoms with Crippen LogP contribution in [0.4, 0.5) is 8.78 Å². The smallest absolute Gasteiger partial charge is 0.178 e. The normalized spacial score (nSPS) is 13.5. The third kappa shape index (κ3) is 4.54. The van der Waals surface area contributed by atoms with Crippen LogP contribution >= 0.6 is 0 Å². The maximum Gasteiger partial charge on any atom is 0.178 e. The molecule has 1 rings (SSSR count). The molecule has 0 aromatic heterocycles. The largest absolute Gasteiger partial charge is 0.317 e. The molecular formula is C13H19F2NO2S. The minimum Gasteiger partial charge on any atom is -0.317 e. The Hall–Kier alpha value is -1.01. The van der Waals surface area contributed by atoms with Gasteiger partial charge in [-0.15, -0.1) is 0 Å². The second-order valence-electron chi connectivity index (χ2n) is 4.43. The van der Waals surface area contributed by atoms with Gasteiger partial charge in [0, 0.05) is 6.04 Å². The van der Waals surface area contributed by atoms with Crippen molar-refractivity contribution < 1.29 is 17.2 Å². The summed E-state index contributed by atoms with van der Waals surface area (Å²) in [5, 5.41) is 3.09. The van der Waals surface area contributed by atoms with E-state index >= 15 is 0 Å². The van der Waals surface area contributed by atoms with Crippen molar-refractivity contribution in [1.82, 2.24) is 5.32 Å². The van der Waals surface area contributed by atoms with Crippen LogP contribution in [-0.2, 0) is 9.84 Å². The van der Waals surface area contributed by atoms with Gasteiger partial charge in [-0.05, 0) is 44.5 Å². The van der Waals surface area contributed by atoms with Gasteiger partial charge in [0.25, 0.3) is 0 Å². The molecule has 0 heterocycles. The van der Waals surface area contributed by atoms with E-state index in [0.717, 1.165) is 31.0 Å². The molecule has 1 atom stereocenters. The Bertz CT molecular complexity index is 513. The summed E-state index contributed by atoms with van der Waals surface area (Å²) in [5.74, 6) is -2.24. The molecule has 0 radical (unpaired) electrons. The van der Waals surface area contributed by atoms with Crippen LogP contribution in [0, 0.1) is 11.6 Å². The predicted octanol–water partition coefficient (Wildman–Crippen LogP) is 2.52. The van der Waals surface area contributed by atoms with Crippen molar-refractivity contribution in [3.8, 4) is 0 Å². The van der Waals surface area contributed by atoms with E-state index in [4.69, 9.17) is 0 Å². The summed E-state index contributed by atoms with van der Waals surface area (Å²) >= 11 is 0. The lowest BCUT2D eigenvalue weighted by molar-refractivity contribution is 0.498. The van der Waals surface area contributed by atoms with Gasteiger partial charge in [-0.1, -0.05) is 6.92 Å². The molecular weight excluding hydrogens is 272 g/mol. The number of hydrogen-bond acceptors (Lipinski definition) is 3. The van der Waals surface area contributed by atoms with Crippen LogP contribution in [0.3, 0.4) is 0 Å². The van der Waals surface area contributed by atoms with Crippen LogP contribution in [0.5, 0.6) is 0 Å². The fraction of sp³-hybridized carbons (Fsp3) is 0.538. The monoisotopic (exact) mass is 291 g/mol. The molecule has 0 aliphatic carbocycles. The highest BCUT2D eigenvalue weighted by atomic mass is 32.2. The zero-order chi connectivity index (χ0) is 14.5. The molecule has 0 amide bonds. The summed E-state index contributed by atoms with van der Waals surface area (Å²) in [7, 11) is -1.71. The standard InChI is InChI=1S/C13H19F2NO2S/c1-3-10(16-2)5-4-8-19(17,18)11-6-7-12(14)13(15)9-11/h6-7,9-10,16H,3-5,8H2,1-2H3. The Labute approximate surface area is 112 Å². The molecule has 19 heavy (non-hydrogen) atoms. The van der Waals surface area contributed by atoms with E-state index in [1.807, 2.05) is 14.0 Å². The van der Waals surface area contributed by atoms with Gasteiger partial charge in [-0.3, -0.25) is 0 Å². The van der Waals surface area contributed by atoms with Crippen molar-refractivity contribution in [2.24, 2.45) is 0 Å². The van der Waals surface area contributed by atoms with Crippen molar-refractivity contribution in [2.45, 2.75) is 37.1 Å². The van der Waals surface area contributed by atoms with E-state index in [9.17, 15) is 17.2 Å². The number of rotatable bonds is 7. The molecule has 0 aliphatic heterocycles. The molecule has 0 fully saturated rings. The van der Waals surface area contributed by atoms with E-state index in [-0.39, 0.29) is 16.7 Å². The first-order valence-corrected chi connectivity index (χ1v) is 7.91. The Kier molecular flexibility index (Phi) is 5.87. The van der Waals surface area contributed by atoms with Crippen LogP contribution in [0.2, 0.25) is 0 Å². The number of nitrogens with one attached hydrogen (secondary N) is 1. The van der Waals surface area contributed by atoms with Crippen molar-refractivity contribution in [1.29, 1.82) is 0 Å². The molecule has 108 valence electrons. The maximum absolute atomic E-state index is 13.0. The fourth-order valence-corrected chi connectivity index (χ4v) is 3.20. The minimum absolute atomic E-state index is 0.0593. The van der Waals surface area contributed by atoms with E-state index in [2.05, 4.69) is 5.32 Å². The van der Waals surface area contributed by atoms with Crippen LogP contribution in [0.25, 0.3) is 0 Å². The highest BCUT2D eigenvalue weighted by Gasteiger charge is 2.17. The second kappa shape index (κ2) is 6.96. The van der Waals surface area contributed by atoms with Crippen molar-refractivity contribution in [2.75, 3.05) is 12.8 Å². The Balaban J connectivity index is 2.68. The van der Waals surface area contributed by atoms with Gasteiger partial charge in [-0.2, -0.15) is 0 Å². The highest BCUT2D eigenvalue weighted by Crippen LogP contribution is 2.17. The first kappa shape index (κ1) is 16.0. The molecule has 0 bridgehead atoms. The molecule has 6 heteroatoms. The van der Waals surface area contributed by atoms with Crippen LogP contribution in [-0.4, -0.2) is 27.3 Å². The van der Waals surface area contributed by atoms with Crippen LogP contribution in [0.1, 0.15) is 26.2 Å². The third-order valence-corrected chi connectivity index (χ3v) is 4.92. The average Bonchev–Trinajstić information content (AvgIpc) is 2.37. The van der Waals surface area contributed by atoms with Crippen molar-refractivity contribution in [3.63, 3.8) is 0 Å². The first-order valence-electron chi connectivity index (χ1n) is 6.25. The van der Waals surface area contributed by atoms with Gasteiger partial charge >= 0.3 is 0 Å². The zero-order valence-corrected chi connectivity index (χ0v) is 11.9. The number of halogens is 2. The lowest BCUT2D eigenvalue weighted by atomic mass is 10.1. The van der Waals surface area contributed by atoms with Gasteiger partial charge in [0.15, 0.2) is 21.5 Å². The third-order valence-electron chi connectivity index (χ3n) is 3.12. The molecule has 1 aromatic rings. The molecule has 3 nitrogen and oxygen atoms in total. The van der Waals surface area contributed by atoms with Crippen LogP contribution in [0.15, 0.2) is 23.1 Å². The zero-order valence-electron chi connectivity index (χ0n) is 11.1. The van der Waals surface area contributed by atoms with Gasteiger partial charge in [0.1, 0.15) is 0 Å². The van der Waals surface area contributed by atoms with Crippen LogP contribution < -0.4 is 5.32 Å². The molecule has 0 saturated carbocycles. The summed E-state index contributed by atoms with van der Waals surface area (Å²) in [6, 6.07) is 2.95. The predicted molar refractivity (Wildman–Crippen MR) is 70.8 cm³/mol. The highest BCUT2D eigenvalue weighted by molar-refractivity contribution is 7.91. The maximum atomic E-state index is 13.0. The quantitative estimate of drug-likeness (QED) is 0.785. The van der Waals surface area contributed by atoms with Gasteiger partial charge in [-0.25, -0.2) is 17.2 Å². The lowest BCUT2D eigenvalue weighted by Crippen LogP contribution is -2.24. The van der Waals surface area contributed by atoms with Crippen molar-refractivity contribution in [3.05, 3.63) is 29.8 Å². The first-order chi connectivity index (χ1) is 8.90. The molecule has 1 aromatic carbocycles. The van der Waals surface area contributed by atoms with Crippen molar-refractivity contribution >= 4 is 9.84 Å². The minimum atomic E-state index is -3.55. The molecule has 0 aliphatic rings. The van der Waals surface area contributed by atoms with E-state index in [1.165, 1.54) is 0 Å². The fourth-order valence-electron chi connectivity index (χ4n) is 1.86. The van der Waals surface area contributed by atoms with E-state index < -0.39 is 21.5 Å². The summed E-state index contributed by atoms with van der Waals surface area (Å²) < 4.78 is 49.7. The number of hydrogen-bond donors (Lipinski definition) is 1. The van der Waals surface area contributed by atoms with E-state index in [0.29, 0.717) is 6.42 Å². The molecule has 0 spiro atoms. The van der Waals surface area contributed by atoms with Gasteiger partial charge < -0.3 is 5.32 Å². The summed E-state index contributed by atoms with van der Waals surface area (Å²) in [6.45, 7) is 2.02. The molecule has 1 N–H and O–H groups in total. The lowest BCUT2D eigenvalue weighted by Gasteiger charge is -2.13. The topological polar surface area (TPSA) is 46.2 Å². The average molecular weight is 291 g/mol. The van der Waals surface area contributed by atoms with E-state index in [1.54, 1.807) is 0 Å². The Morgan fingerprint density at radius 1 is 1.26 bits per heavy atom. The Morgan fingerprint density at radius 2 is 1.95 bits per heavy atom. The Morgan fingerprint density at radius 3 is 2.47 bits per heavy atom. The SMILES string of the molecule is CCC(CCCS(=O)(=O)c1ccc(F)c(F)c1)NC.